The molecule has 3 nitrogen and oxygen atoms in total. The summed E-state index contributed by atoms with van der Waals surface area (Å²) in [6.07, 6.45) is 4.15. The van der Waals surface area contributed by atoms with E-state index in [4.69, 9.17) is 4.74 Å². The van der Waals surface area contributed by atoms with Crippen molar-refractivity contribution < 1.29 is 4.74 Å². The Morgan fingerprint density at radius 2 is 2.29 bits per heavy atom. The van der Waals surface area contributed by atoms with Crippen LogP contribution in [0.25, 0.3) is 0 Å². The molecule has 0 bridgehead atoms. The van der Waals surface area contributed by atoms with Crippen LogP contribution in [0.5, 0.6) is 0 Å². The summed E-state index contributed by atoms with van der Waals surface area (Å²) in [4.78, 5) is 6.80. The topological polar surface area (TPSA) is 25.4 Å². The first kappa shape index (κ1) is 12.8. The zero-order valence-corrected chi connectivity index (χ0v) is 12.2. The van der Waals surface area contributed by atoms with Crippen LogP contribution in [-0.2, 0) is 4.74 Å². The fraction of sp³-hybridized carbons (Fsp3) is 0.615. The molecule has 94 valence electrons. The van der Waals surface area contributed by atoms with Gasteiger partial charge in [0.2, 0.25) is 0 Å². The first-order valence-electron chi connectivity index (χ1n) is 5.96. The number of anilines is 1. The van der Waals surface area contributed by atoms with E-state index in [1.165, 1.54) is 5.56 Å². The molecule has 0 aliphatic carbocycles. The van der Waals surface area contributed by atoms with Gasteiger partial charge in [-0.05, 0) is 54.2 Å². The molecule has 1 fully saturated rings. The summed E-state index contributed by atoms with van der Waals surface area (Å²) in [5.74, 6) is 1.05. The van der Waals surface area contributed by atoms with Crippen LogP contribution in [0.1, 0.15) is 25.3 Å². The molecule has 0 spiro atoms. The molecule has 1 aromatic rings. The maximum absolute atomic E-state index is 5.61. The van der Waals surface area contributed by atoms with Gasteiger partial charge in [-0.3, -0.25) is 0 Å². The van der Waals surface area contributed by atoms with Crippen molar-refractivity contribution in [2.24, 2.45) is 0 Å². The molecule has 1 aliphatic heterocycles. The highest BCUT2D eigenvalue weighted by Crippen LogP contribution is 2.28. The van der Waals surface area contributed by atoms with E-state index < -0.39 is 0 Å². The van der Waals surface area contributed by atoms with Gasteiger partial charge < -0.3 is 9.64 Å². The van der Waals surface area contributed by atoms with Crippen LogP contribution in [-0.4, -0.2) is 30.8 Å². The molecular weight excluding hydrogens is 280 g/mol. The lowest BCUT2D eigenvalue weighted by atomic mass is 9.95. The van der Waals surface area contributed by atoms with Gasteiger partial charge in [-0.15, -0.1) is 0 Å². The van der Waals surface area contributed by atoms with Gasteiger partial charge in [-0.25, -0.2) is 4.98 Å². The number of rotatable bonds is 2. The molecule has 0 N–H and O–H groups in total. The van der Waals surface area contributed by atoms with Crippen LogP contribution in [0.2, 0.25) is 0 Å². The lowest BCUT2D eigenvalue weighted by molar-refractivity contribution is -0.00481. The van der Waals surface area contributed by atoms with E-state index in [0.717, 1.165) is 36.2 Å². The van der Waals surface area contributed by atoms with Gasteiger partial charge >= 0.3 is 0 Å². The highest BCUT2D eigenvalue weighted by atomic mass is 79.9. The predicted molar refractivity (Wildman–Crippen MR) is 73.5 cm³/mol. The van der Waals surface area contributed by atoms with Gasteiger partial charge in [0.25, 0.3) is 0 Å². The summed E-state index contributed by atoms with van der Waals surface area (Å²) < 4.78 is 6.67. The van der Waals surface area contributed by atoms with E-state index in [0.29, 0.717) is 0 Å². The Balaban J connectivity index is 2.19. The number of halogens is 1. The van der Waals surface area contributed by atoms with Crippen molar-refractivity contribution in [3.05, 3.63) is 22.3 Å². The molecule has 1 unspecified atom stereocenters. The molecular formula is C13H19BrN2O. The number of ether oxygens (including phenoxy) is 1. The smallest absolute Gasteiger partial charge is 0.128 e. The second-order valence-electron chi connectivity index (χ2n) is 4.97. The molecule has 0 radical (unpaired) electrons. The molecule has 0 amide bonds. The fourth-order valence-corrected chi connectivity index (χ4v) is 2.48. The third-order valence-corrected chi connectivity index (χ3v) is 4.34. The summed E-state index contributed by atoms with van der Waals surface area (Å²) in [7, 11) is 1.80. The summed E-state index contributed by atoms with van der Waals surface area (Å²) >= 11 is 3.48. The van der Waals surface area contributed by atoms with E-state index in [2.05, 4.69) is 45.7 Å². The highest BCUT2D eigenvalue weighted by Gasteiger charge is 2.31. The Labute approximate surface area is 111 Å². The molecule has 4 heteroatoms. The first-order valence-corrected chi connectivity index (χ1v) is 6.76. The van der Waals surface area contributed by atoms with Crippen molar-refractivity contribution in [3.8, 4) is 0 Å². The average molecular weight is 299 g/mol. The van der Waals surface area contributed by atoms with Crippen LogP contribution < -0.4 is 4.90 Å². The van der Waals surface area contributed by atoms with Crippen LogP contribution in [0.3, 0.4) is 0 Å². The van der Waals surface area contributed by atoms with Gasteiger partial charge in [0.05, 0.1) is 5.60 Å². The largest absolute Gasteiger partial charge is 0.377 e. The van der Waals surface area contributed by atoms with Crippen molar-refractivity contribution >= 4 is 21.7 Å². The van der Waals surface area contributed by atoms with E-state index in [9.17, 15) is 0 Å². The molecule has 1 aromatic heterocycles. The Morgan fingerprint density at radius 1 is 1.53 bits per heavy atom. The molecule has 2 heterocycles. The number of hydrogen-bond donors (Lipinski definition) is 0. The Morgan fingerprint density at radius 3 is 2.94 bits per heavy atom. The van der Waals surface area contributed by atoms with Crippen LogP contribution >= 0.6 is 15.9 Å². The molecule has 1 atom stereocenters. The summed E-state index contributed by atoms with van der Waals surface area (Å²) in [6, 6.07) is 2.13. The minimum atomic E-state index is -0.0408. The second kappa shape index (κ2) is 4.94. The quantitative estimate of drug-likeness (QED) is 0.839. The molecule has 0 aromatic carbocycles. The molecule has 17 heavy (non-hydrogen) atoms. The molecule has 2 rings (SSSR count). The van der Waals surface area contributed by atoms with Gasteiger partial charge in [-0.1, -0.05) is 0 Å². The molecule has 0 saturated carbocycles. The van der Waals surface area contributed by atoms with Crippen molar-refractivity contribution in [3.63, 3.8) is 0 Å². The zero-order valence-electron chi connectivity index (χ0n) is 10.7. The number of aryl methyl sites for hydroxylation is 1. The predicted octanol–water partition coefficient (Wildman–Crippen LogP) is 3.16. The zero-order chi connectivity index (χ0) is 12.5. The standard InChI is InChI=1S/C13H19BrN2O/c1-10-7-12(15-8-11(10)14)16-6-4-5-13(2,9-16)17-3/h7-8H,4-6,9H2,1-3H3. The fourth-order valence-electron chi connectivity index (χ4n) is 2.27. The lowest BCUT2D eigenvalue weighted by Gasteiger charge is -2.40. The number of hydrogen-bond acceptors (Lipinski definition) is 3. The van der Waals surface area contributed by atoms with Gasteiger partial charge in [0, 0.05) is 30.9 Å². The number of piperidine rings is 1. The highest BCUT2D eigenvalue weighted by molar-refractivity contribution is 9.10. The van der Waals surface area contributed by atoms with Crippen molar-refractivity contribution in [2.75, 3.05) is 25.1 Å². The van der Waals surface area contributed by atoms with Crippen molar-refractivity contribution in [1.29, 1.82) is 0 Å². The maximum atomic E-state index is 5.61. The van der Waals surface area contributed by atoms with Gasteiger partial charge in [0.1, 0.15) is 5.82 Å². The number of methoxy groups -OCH3 is 1. The van der Waals surface area contributed by atoms with Crippen LogP contribution in [0.4, 0.5) is 5.82 Å². The number of pyridine rings is 1. The van der Waals surface area contributed by atoms with E-state index in [-0.39, 0.29) is 5.60 Å². The summed E-state index contributed by atoms with van der Waals surface area (Å²) in [5, 5.41) is 0. The second-order valence-corrected chi connectivity index (χ2v) is 5.83. The van der Waals surface area contributed by atoms with E-state index >= 15 is 0 Å². The Bertz CT molecular complexity index is 410. The lowest BCUT2D eigenvalue weighted by Crippen LogP contribution is -2.47. The maximum Gasteiger partial charge on any atom is 0.128 e. The van der Waals surface area contributed by atoms with E-state index in [1.54, 1.807) is 7.11 Å². The van der Waals surface area contributed by atoms with Crippen molar-refractivity contribution in [2.45, 2.75) is 32.3 Å². The van der Waals surface area contributed by atoms with Crippen LogP contribution in [0, 0.1) is 6.92 Å². The number of aromatic nitrogens is 1. The van der Waals surface area contributed by atoms with E-state index in [1.807, 2.05) is 6.20 Å². The minimum Gasteiger partial charge on any atom is -0.377 e. The normalized spacial score (nSPS) is 25.1. The minimum absolute atomic E-state index is 0.0408. The van der Waals surface area contributed by atoms with Gasteiger partial charge in [-0.2, -0.15) is 0 Å². The van der Waals surface area contributed by atoms with Gasteiger partial charge in [0.15, 0.2) is 0 Å². The SMILES string of the molecule is COC1(C)CCCN(c2cc(C)c(Br)cn2)C1. The number of nitrogens with zero attached hydrogens (tertiary/aromatic N) is 2. The first-order chi connectivity index (χ1) is 8.04. The Kier molecular flexibility index (Phi) is 3.73. The summed E-state index contributed by atoms with van der Waals surface area (Å²) in [6.45, 7) is 6.24. The Hall–Kier alpha value is -0.610. The third-order valence-electron chi connectivity index (χ3n) is 3.51. The van der Waals surface area contributed by atoms with Crippen molar-refractivity contribution in [1.82, 2.24) is 4.98 Å². The molecule has 1 saturated heterocycles. The monoisotopic (exact) mass is 298 g/mol. The average Bonchev–Trinajstić information content (AvgIpc) is 2.33. The van der Waals surface area contributed by atoms with Crippen LogP contribution in [0.15, 0.2) is 16.7 Å². The third kappa shape index (κ3) is 2.80. The molecule has 1 aliphatic rings. The summed E-state index contributed by atoms with van der Waals surface area (Å²) in [5.41, 5.74) is 1.18.